The van der Waals surface area contributed by atoms with Gasteiger partial charge in [-0.2, -0.15) is 0 Å². The molecule has 1 amide bonds. The van der Waals surface area contributed by atoms with Gasteiger partial charge >= 0.3 is 6.09 Å². The lowest BCUT2D eigenvalue weighted by Crippen LogP contribution is -2.45. The first-order valence-electron chi connectivity index (χ1n) is 6.10. The zero-order valence-electron chi connectivity index (χ0n) is 11.1. The Bertz CT molecular complexity index is 420. The fraction of sp³-hybridized carbons (Fsp3) is 0.429. The number of alkyl halides is 1. The number of hydrogen-bond acceptors (Lipinski definition) is 3. The van der Waals surface area contributed by atoms with Gasteiger partial charge in [0, 0.05) is 0 Å². The summed E-state index contributed by atoms with van der Waals surface area (Å²) in [5.41, 5.74) is 0.891. The summed E-state index contributed by atoms with van der Waals surface area (Å²) in [6, 6.07) is 8.72. The van der Waals surface area contributed by atoms with Gasteiger partial charge in [0.25, 0.3) is 0 Å². The summed E-state index contributed by atoms with van der Waals surface area (Å²) in [6.45, 7) is 3.85. The zero-order chi connectivity index (χ0) is 14.3. The minimum absolute atomic E-state index is 0.0319. The van der Waals surface area contributed by atoms with Crippen LogP contribution in [-0.2, 0) is 16.1 Å². The normalized spacial score (nSPS) is 12.0. The quantitative estimate of drug-likeness (QED) is 0.817. The van der Waals surface area contributed by atoms with E-state index in [9.17, 15) is 9.59 Å². The standard InChI is InChI=1S/C14H18ClNO3/c1-10(2)13(12(17)8-15)16-14(18)19-9-11-6-4-3-5-7-11/h3-7,10,13H,8-9H2,1-2H3,(H,16,18)/t13-/m0/s1. The molecule has 0 heterocycles. The van der Waals surface area contributed by atoms with Crippen molar-refractivity contribution in [1.29, 1.82) is 0 Å². The van der Waals surface area contributed by atoms with E-state index in [2.05, 4.69) is 5.32 Å². The monoisotopic (exact) mass is 283 g/mol. The summed E-state index contributed by atoms with van der Waals surface area (Å²) in [4.78, 5) is 23.2. The second-order valence-corrected chi connectivity index (χ2v) is 4.79. The molecule has 1 aromatic rings. The van der Waals surface area contributed by atoms with Gasteiger partial charge in [-0.1, -0.05) is 44.2 Å². The molecule has 19 heavy (non-hydrogen) atoms. The fourth-order valence-electron chi connectivity index (χ4n) is 1.59. The number of benzene rings is 1. The van der Waals surface area contributed by atoms with E-state index in [1.54, 1.807) is 0 Å². The number of halogens is 1. The van der Waals surface area contributed by atoms with E-state index in [4.69, 9.17) is 16.3 Å². The number of ketones is 1. The third-order valence-electron chi connectivity index (χ3n) is 2.63. The molecule has 0 unspecified atom stereocenters. The van der Waals surface area contributed by atoms with Crippen molar-refractivity contribution >= 4 is 23.5 Å². The Labute approximate surface area is 118 Å². The van der Waals surface area contributed by atoms with Crippen LogP contribution in [0.1, 0.15) is 19.4 Å². The second kappa shape index (κ2) is 7.79. The predicted octanol–water partition coefficient (Wildman–Crippen LogP) is 2.75. The van der Waals surface area contributed by atoms with Gasteiger partial charge in [0.2, 0.25) is 0 Å². The number of Topliss-reactive ketones (excluding diaryl/α,β-unsaturated/α-hetero) is 1. The van der Waals surface area contributed by atoms with Crippen LogP contribution in [0.4, 0.5) is 4.79 Å². The number of ether oxygens (including phenoxy) is 1. The lowest BCUT2D eigenvalue weighted by atomic mass is 10.0. The number of alkyl carbamates (subject to hydrolysis) is 1. The molecule has 0 aliphatic heterocycles. The number of hydrogen-bond donors (Lipinski definition) is 1. The smallest absolute Gasteiger partial charge is 0.408 e. The Kier molecular flexibility index (Phi) is 6.36. The van der Waals surface area contributed by atoms with Crippen LogP contribution in [0.2, 0.25) is 0 Å². The van der Waals surface area contributed by atoms with Crippen LogP contribution >= 0.6 is 11.6 Å². The van der Waals surface area contributed by atoms with E-state index in [0.29, 0.717) is 0 Å². The molecular formula is C14H18ClNO3. The molecule has 0 fully saturated rings. The molecule has 1 atom stereocenters. The van der Waals surface area contributed by atoms with Gasteiger partial charge in [-0.25, -0.2) is 4.79 Å². The van der Waals surface area contributed by atoms with Gasteiger partial charge in [-0.15, -0.1) is 11.6 Å². The number of carbonyl (C=O) groups is 2. The SMILES string of the molecule is CC(C)[C@H](NC(=O)OCc1ccccc1)C(=O)CCl. The van der Waals surface area contributed by atoms with Crippen molar-refractivity contribution in [2.24, 2.45) is 5.92 Å². The Hall–Kier alpha value is -1.55. The number of carbonyl (C=O) groups excluding carboxylic acids is 2. The Morgan fingerprint density at radius 3 is 2.42 bits per heavy atom. The first kappa shape index (κ1) is 15.5. The highest BCUT2D eigenvalue weighted by Gasteiger charge is 2.23. The van der Waals surface area contributed by atoms with E-state index < -0.39 is 12.1 Å². The molecule has 0 aliphatic carbocycles. The first-order chi connectivity index (χ1) is 9.04. The highest BCUT2D eigenvalue weighted by Crippen LogP contribution is 2.06. The van der Waals surface area contributed by atoms with Crippen molar-refractivity contribution in [1.82, 2.24) is 5.32 Å². The van der Waals surface area contributed by atoms with Crippen LogP contribution < -0.4 is 5.32 Å². The van der Waals surface area contributed by atoms with E-state index in [1.807, 2.05) is 44.2 Å². The molecule has 0 aliphatic rings. The van der Waals surface area contributed by atoms with E-state index in [-0.39, 0.29) is 24.2 Å². The summed E-state index contributed by atoms with van der Waals surface area (Å²) in [7, 11) is 0. The van der Waals surface area contributed by atoms with Crippen molar-refractivity contribution in [3.63, 3.8) is 0 Å². The maximum absolute atomic E-state index is 11.6. The van der Waals surface area contributed by atoms with Crippen molar-refractivity contribution in [2.75, 3.05) is 5.88 Å². The van der Waals surface area contributed by atoms with Crippen LogP contribution in [0, 0.1) is 5.92 Å². The summed E-state index contributed by atoms with van der Waals surface area (Å²) in [5, 5.41) is 2.54. The minimum Gasteiger partial charge on any atom is -0.445 e. The molecule has 0 radical (unpaired) electrons. The molecule has 0 saturated carbocycles. The molecule has 1 aromatic carbocycles. The largest absolute Gasteiger partial charge is 0.445 e. The van der Waals surface area contributed by atoms with E-state index in [1.165, 1.54) is 0 Å². The van der Waals surface area contributed by atoms with Crippen molar-refractivity contribution < 1.29 is 14.3 Å². The first-order valence-corrected chi connectivity index (χ1v) is 6.64. The average Bonchev–Trinajstić information content (AvgIpc) is 2.42. The Morgan fingerprint density at radius 1 is 1.26 bits per heavy atom. The number of amides is 1. The van der Waals surface area contributed by atoms with Gasteiger partial charge in [-0.05, 0) is 11.5 Å². The molecule has 0 spiro atoms. The Morgan fingerprint density at radius 2 is 1.89 bits per heavy atom. The van der Waals surface area contributed by atoms with Crippen LogP contribution in [0.3, 0.4) is 0 Å². The van der Waals surface area contributed by atoms with Crippen molar-refractivity contribution in [2.45, 2.75) is 26.5 Å². The van der Waals surface area contributed by atoms with Crippen LogP contribution in [0.15, 0.2) is 30.3 Å². The summed E-state index contributed by atoms with van der Waals surface area (Å²) in [6.07, 6.45) is -0.610. The van der Waals surface area contributed by atoms with Crippen LogP contribution in [0.25, 0.3) is 0 Å². The van der Waals surface area contributed by atoms with E-state index in [0.717, 1.165) is 5.56 Å². The fourth-order valence-corrected chi connectivity index (χ4v) is 1.76. The van der Waals surface area contributed by atoms with Gasteiger partial charge in [0.05, 0.1) is 11.9 Å². The zero-order valence-corrected chi connectivity index (χ0v) is 11.8. The van der Waals surface area contributed by atoms with E-state index >= 15 is 0 Å². The van der Waals surface area contributed by atoms with Gasteiger partial charge in [0.15, 0.2) is 5.78 Å². The van der Waals surface area contributed by atoms with Crippen molar-refractivity contribution in [3.8, 4) is 0 Å². The molecule has 1 rings (SSSR count). The molecule has 4 nitrogen and oxygen atoms in total. The van der Waals surface area contributed by atoms with Crippen LogP contribution in [-0.4, -0.2) is 23.8 Å². The Balaban J connectivity index is 2.47. The average molecular weight is 284 g/mol. The number of nitrogens with one attached hydrogen (secondary N) is 1. The summed E-state index contributed by atoms with van der Waals surface area (Å²) >= 11 is 5.51. The number of rotatable bonds is 6. The molecule has 0 saturated heterocycles. The minimum atomic E-state index is -0.610. The molecule has 1 N–H and O–H groups in total. The van der Waals surface area contributed by atoms with Crippen molar-refractivity contribution in [3.05, 3.63) is 35.9 Å². The third-order valence-corrected chi connectivity index (χ3v) is 2.89. The van der Waals surface area contributed by atoms with Gasteiger partial charge < -0.3 is 10.1 Å². The topological polar surface area (TPSA) is 55.4 Å². The maximum atomic E-state index is 11.6. The summed E-state index contributed by atoms with van der Waals surface area (Å²) in [5.74, 6) is -0.370. The predicted molar refractivity (Wildman–Crippen MR) is 74.1 cm³/mol. The second-order valence-electron chi connectivity index (χ2n) is 4.53. The molecular weight excluding hydrogens is 266 g/mol. The third kappa shape index (κ3) is 5.30. The summed E-state index contributed by atoms with van der Waals surface area (Å²) < 4.78 is 5.06. The van der Waals surface area contributed by atoms with Crippen LogP contribution in [0.5, 0.6) is 0 Å². The highest BCUT2D eigenvalue weighted by atomic mass is 35.5. The lowest BCUT2D eigenvalue weighted by Gasteiger charge is -2.19. The van der Waals surface area contributed by atoms with Gasteiger partial charge in [-0.3, -0.25) is 4.79 Å². The molecule has 104 valence electrons. The lowest BCUT2D eigenvalue weighted by molar-refractivity contribution is -0.119. The molecule has 0 bridgehead atoms. The highest BCUT2D eigenvalue weighted by molar-refractivity contribution is 6.28. The maximum Gasteiger partial charge on any atom is 0.408 e. The van der Waals surface area contributed by atoms with Gasteiger partial charge in [0.1, 0.15) is 6.61 Å². The molecule has 0 aromatic heterocycles. The molecule has 5 heteroatoms.